The fourth-order valence-electron chi connectivity index (χ4n) is 4.92. The van der Waals surface area contributed by atoms with Crippen molar-refractivity contribution in [2.75, 3.05) is 51.3 Å². The Kier molecular flexibility index (Phi) is 7.80. The molecule has 2 fully saturated rings. The first kappa shape index (κ1) is 26.7. The number of nitrogens with one attached hydrogen (secondary N) is 1. The number of piperidine rings is 1. The number of hydrogen-bond acceptors (Lipinski definition) is 7. The fraction of sp³-hybridized carbons (Fsp3) is 0.385. The summed E-state index contributed by atoms with van der Waals surface area (Å²) in [7, 11) is -2.27. The number of piperazine rings is 1. The topological polar surface area (TPSA) is 99.3 Å². The van der Waals surface area contributed by atoms with Gasteiger partial charge in [0.05, 0.1) is 19.3 Å². The number of sulfonamides is 1. The number of thiophene rings is 1. The number of anilines is 1. The molecule has 1 aromatic heterocycles. The molecule has 1 atom stereocenters. The molecule has 2 aliphatic heterocycles. The summed E-state index contributed by atoms with van der Waals surface area (Å²) in [5, 5.41) is 1.30. The molecule has 0 saturated carbocycles. The normalized spacial score (nSPS) is 18.7. The number of para-hydroxylation sites is 2. The van der Waals surface area contributed by atoms with Crippen molar-refractivity contribution >= 4 is 60.5 Å². The van der Waals surface area contributed by atoms with E-state index in [-0.39, 0.29) is 22.6 Å². The zero-order valence-electron chi connectivity index (χ0n) is 20.9. The molecule has 2 aliphatic rings. The molecule has 202 valence electrons. The maximum Gasteiger partial charge on any atom is 0.250 e. The molecule has 0 radical (unpaired) electrons. The van der Waals surface area contributed by atoms with Gasteiger partial charge in [0.25, 0.3) is 10.0 Å². The molecule has 0 aliphatic carbocycles. The Morgan fingerprint density at radius 3 is 2.63 bits per heavy atom. The third kappa shape index (κ3) is 5.61. The smallest absolute Gasteiger partial charge is 0.250 e. The van der Waals surface area contributed by atoms with Crippen molar-refractivity contribution in [3.8, 4) is 5.75 Å². The number of rotatable bonds is 7. The van der Waals surface area contributed by atoms with Crippen LogP contribution in [-0.4, -0.2) is 82.5 Å². The Morgan fingerprint density at radius 2 is 1.87 bits per heavy atom. The van der Waals surface area contributed by atoms with Crippen LogP contribution in [0.2, 0.25) is 5.02 Å². The van der Waals surface area contributed by atoms with E-state index in [2.05, 4.69) is 9.62 Å². The summed E-state index contributed by atoms with van der Waals surface area (Å²) in [5.41, 5.74) is 0.991. The van der Waals surface area contributed by atoms with Gasteiger partial charge in [-0.2, -0.15) is 4.72 Å². The zero-order chi connectivity index (χ0) is 26.9. The number of halogens is 1. The van der Waals surface area contributed by atoms with Gasteiger partial charge in [-0.15, -0.1) is 11.3 Å². The average molecular weight is 577 g/mol. The van der Waals surface area contributed by atoms with E-state index in [4.69, 9.17) is 16.3 Å². The van der Waals surface area contributed by atoms with Crippen molar-refractivity contribution in [1.82, 2.24) is 14.5 Å². The largest absolute Gasteiger partial charge is 0.495 e. The third-order valence-electron chi connectivity index (χ3n) is 6.94. The van der Waals surface area contributed by atoms with Gasteiger partial charge in [-0.1, -0.05) is 29.8 Å². The van der Waals surface area contributed by atoms with Crippen molar-refractivity contribution in [3.63, 3.8) is 0 Å². The number of likely N-dealkylation sites (tertiary alicyclic amines) is 1. The molecule has 9 nitrogen and oxygen atoms in total. The summed E-state index contributed by atoms with van der Waals surface area (Å²) in [6, 6.07) is 13.7. The molecule has 1 N–H and O–H groups in total. The van der Waals surface area contributed by atoms with Gasteiger partial charge in [0.1, 0.15) is 16.0 Å². The van der Waals surface area contributed by atoms with E-state index in [9.17, 15) is 18.0 Å². The monoisotopic (exact) mass is 576 g/mol. The molecular formula is C26H29ClN4O5S2. The lowest BCUT2D eigenvalue weighted by Gasteiger charge is -2.38. The van der Waals surface area contributed by atoms with Crippen molar-refractivity contribution in [3.05, 3.63) is 53.6 Å². The highest BCUT2D eigenvalue weighted by Crippen LogP contribution is 2.32. The molecule has 5 rings (SSSR count). The van der Waals surface area contributed by atoms with Crippen LogP contribution in [0, 0.1) is 0 Å². The van der Waals surface area contributed by atoms with E-state index in [1.165, 1.54) is 4.90 Å². The number of ether oxygens (including phenoxy) is 1. The van der Waals surface area contributed by atoms with Crippen molar-refractivity contribution < 1.29 is 22.7 Å². The first-order chi connectivity index (χ1) is 18.2. The van der Waals surface area contributed by atoms with Crippen LogP contribution in [0.5, 0.6) is 5.75 Å². The highest BCUT2D eigenvalue weighted by atomic mass is 35.5. The molecule has 12 heteroatoms. The Balaban J connectivity index is 1.19. The van der Waals surface area contributed by atoms with Gasteiger partial charge in [0.2, 0.25) is 11.8 Å². The number of fused-ring (bicyclic) bond motifs is 1. The third-order valence-corrected chi connectivity index (χ3v) is 10.2. The van der Waals surface area contributed by atoms with Gasteiger partial charge in [0.15, 0.2) is 0 Å². The van der Waals surface area contributed by atoms with Crippen LogP contribution < -0.4 is 14.4 Å². The quantitative estimate of drug-likeness (QED) is 0.464. The van der Waals surface area contributed by atoms with E-state index in [0.717, 1.165) is 32.9 Å². The van der Waals surface area contributed by atoms with Crippen LogP contribution in [0.25, 0.3) is 10.1 Å². The molecular weight excluding hydrogens is 548 g/mol. The number of nitrogens with zero attached hydrogens (tertiary/aromatic N) is 3. The van der Waals surface area contributed by atoms with Gasteiger partial charge < -0.3 is 19.4 Å². The van der Waals surface area contributed by atoms with Crippen LogP contribution in [0.4, 0.5) is 5.69 Å². The van der Waals surface area contributed by atoms with Crippen LogP contribution in [-0.2, 0) is 19.6 Å². The highest BCUT2D eigenvalue weighted by molar-refractivity contribution is 7.91. The van der Waals surface area contributed by atoms with E-state index in [0.29, 0.717) is 50.6 Å². The van der Waals surface area contributed by atoms with Crippen LogP contribution in [0.1, 0.15) is 12.8 Å². The summed E-state index contributed by atoms with van der Waals surface area (Å²) in [5.74, 6) is 0.284. The van der Waals surface area contributed by atoms with Crippen LogP contribution in [0.15, 0.2) is 52.7 Å². The average Bonchev–Trinajstić information content (AvgIpc) is 3.35. The summed E-state index contributed by atoms with van der Waals surface area (Å²) in [6.45, 7) is 2.74. The predicted octanol–water partition coefficient (Wildman–Crippen LogP) is 3.18. The first-order valence-corrected chi connectivity index (χ1v) is 15.1. The second-order valence-electron chi connectivity index (χ2n) is 9.36. The molecule has 2 aromatic carbocycles. The van der Waals surface area contributed by atoms with Gasteiger partial charge in [0, 0.05) is 42.4 Å². The molecule has 0 bridgehead atoms. The summed E-state index contributed by atoms with van der Waals surface area (Å²) < 4.78 is 35.1. The van der Waals surface area contributed by atoms with Crippen molar-refractivity contribution in [2.45, 2.75) is 23.1 Å². The standard InChI is InChI=1S/C26H29ClN4O5S2/c1-36-22-7-3-2-6-21(22)29-11-13-30(14-12-29)24(32)17-31-10-4-5-20(26(31)33)28-38(34,35)25-15-18-8-9-19(27)16-23(18)37-25/h2-3,6-9,15-16,20,28H,4-5,10-14,17H2,1H3/t20-/m0/s1. The minimum absolute atomic E-state index is 0.0624. The number of hydrogen-bond donors (Lipinski definition) is 1. The summed E-state index contributed by atoms with van der Waals surface area (Å²) in [4.78, 5) is 31.6. The number of carbonyl (C=O) groups is 2. The molecule has 38 heavy (non-hydrogen) atoms. The molecule has 2 amide bonds. The Morgan fingerprint density at radius 1 is 1.11 bits per heavy atom. The summed E-state index contributed by atoms with van der Waals surface area (Å²) >= 11 is 7.14. The second-order valence-corrected chi connectivity index (χ2v) is 12.8. The van der Waals surface area contributed by atoms with Crippen molar-refractivity contribution in [2.24, 2.45) is 0 Å². The van der Waals surface area contributed by atoms with Crippen LogP contribution in [0.3, 0.4) is 0 Å². The van der Waals surface area contributed by atoms with E-state index < -0.39 is 16.1 Å². The maximum atomic E-state index is 13.2. The van der Waals surface area contributed by atoms with Gasteiger partial charge in [-0.25, -0.2) is 8.42 Å². The lowest BCUT2D eigenvalue weighted by molar-refractivity contribution is -0.143. The number of amides is 2. The molecule has 0 unspecified atom stereocenters. The fourth-order valence-corrected chi connectivity index (χ4v) is 7.83. The van der Waals surface area contributed by atoms with Gasteiger partial charge in [-0.05, 0) is 48.6 Å². The Labute approximate surface area is 231 Å². The minimum atomic E-state index is -3.91. The SMILES string of the molecule is COc1ccccc1N1CCN(C(=O)CN2CCC[C@H](NS(=O)(=O)c3cc4ccc(Cl)cc4s3)C2=O)CC1. The van der Waals surface area contributed by atoms with Gasteiger partial charge in [-0.3, -0.25) is 9.59 Å². The number of methoxy groups -OCH3 is 1. The lowest BCUT2D eigenvalue weighted by atomic mass is 10.1. The highest BCUT2D eigenvalue weighted by Gasteiger charge is 2.35. The van der Waals surface area contributed by atoms with Crippen LogP contribution >= 0.6 is 22.9 Å². The molecule has 2 saturated heterocycles. The number of carbonyl (C=O) groups excluding carboxylic acids is 2. The molecule has 3 heterocycles. The van der Waals surface area contributed by atoms with Gasteiger partial charge >= 0.3 is 0 Å². The first-order valence-electron chi connectivity index (χ1n) is 12.4. The Hall–Kier alpha value is -2.86. The Bertz CT molecular complexity index is 1450. The van der Waals surface area contributed by atoms with E-state index in [1.807, 2.05) is 24.3 Å². The predicted molar refractivity (Wildman–Crippen MR) is 149 cm³/mol. The summed E-state index contributed by atoms with van der Waals surface area (Å²) in [6.07, 6.45) is 0.993. The molecule has 0 spiro atoms. The van der Waals surface area contributed by atoms with Crippen molar-refractivity contribution in [1.29, 1.82) is 0 Å². The molecule has 3 aromatic rings. The lowest BCUT2D eigenvalue weighted by Crippen LogP contribution is -2.56. The number of benzene rings is 2. The van der Waals surface area contributed by atoms with E-state index in [1.54, 1.807) is 36.3 Å². The second kappa shape index (κ2) is 11.1. The minimum Gasteiger partial charge on any atom is -0.495 e. The zero-order valence-corrected chi connectivity index (χ0v) is 23.3. The van der Waals surface area contributed by atoms with E-state index >= 15 is 0 Å². The maximum absolute atomic E-state index is 13.2.